The van der Waals surface area contributed by atoms with Gasteiger partial charge in [0.2, 0.25) is 0 Å². The molecule has 1 aliphatic carbocycles. The number of ether oxygens (including phenoxy) is 4. The van der Waals surface area contributed by atoms with E-state index in [2.05, 4.69) is 52.0 Å². The van der Waals surface area contributed by atoms with Crippen molar-refractivity contribution in [3.63, 3.8) is 0 Å². The lowest BCUT2D eigenvalue weighted by Gasteiger charge is -2.56. The van der Waals surface area contributed by atoms with E-state index in [9.17, 15) is 10.2 Å². The van der Waals surface area contributed by atoms with Crippen LogP contribution in [-0.4, -0.2) is 61.4 Å². The maximum absolute atomic E-state index is 9.95. The molecule has 33 heavy (non-hydrogen) atoms. The summed E-state index contributed by atoms with van der Waals surface area (Å²) in [6.45, 7) is 10.5. The molecule has 0 atom stereocenters. The summed E-state index contributed by atoms with van der Waals surface area (Å²) in [4.78, 5) is 0. The van der Waals surface area contributed by atoms with Crippen molar-refractivity contribution in [1.82, 2.24) is 0 Å². The Bertz CT molecular complexity index is 720. The lowest BCUT2D eigenvalue weighted by atomic mass is 9.74. The van der Waals surface area contributed by atoms with Gasteiger partial charge in [0.15, 0.2) is 11.6 Å². The second-order valence-electron chi connectivity index (χ2n) is 11.1. The molecule has 1 aromatic carbocycles. The van der Waals surface area contributed by atoms with E-state index in [0.717, 1.165) is 25.7 Å². The minimum Gasteiger partial charge on any atom is -0.396 e. The predicted octanol–water partition coefficient (Wildman–Crippen LogP) is 4.34. The summed E-state index contributed by atoms with van der Waals surface area (Å²) in [5.74, 6) is -0.969. The summed E-state index contributed by atoms with van der Waals surface area (Å²) in [7, 11) is 0. The van der Waals surface area contributed by atoms with Gasteiger partial charge in [-0.15, -0.1) is 0 Å². The van der Waals surface area contributed by atoms with E-state index < -0.39 is 11.6 Å². The van der Waals surface area contributed by atoms with Crippen LogP contribution in [0.25, 0.3) is 0 Å². The highest BCUT2D eigenvalue weighted by atomic mass is 16.7. The molecule has 2 heterocycles. The molecule has 0 bridgehead atoms. The minimum absolute atomic E-state index is 0.0489. The fourth-order valence-corrected chi connectivity index (χ4v) is 5.33. The molecular weight excluding hydrogens is 420 g/mol. The predicted molar refractivity (Wildman–Crippen MR) is 126 cm³/mol. The Morgan fingerprint density at radius 3 is 1.55 bits per heavy atom. The zero-order valence-corrected chi connectivity index (χ0v) is 20.8. The van der Waals surface area contributed by atoms with Gasteiger partial charge in [0.25, 0.3) is 0 Å². The molecule has 1 saturated carbocycles. The summed E-state index contributed by atoms with van der Waals surface area (Å²) in [6, 6.07) is 8.85. The first-order valence-corrected chi connectivity index (χ1v) is 12.6. The molecule has 3 fully saturated rings. The average Bonchev–Trinajstić information content (AvgIpc) is 2.85. The van der Waals surface area contributed by atoms with E-state index in [-0.39, 0.29) is 30.0 Å². The largest absolute Gasteiger partial charge is 0.396 e. The topological polar surface area (TPSA) is 77.4 Å². The second kappa shape index (κ2) is 9.56. The smallest absolute Gasteiger partial charge is 0.174 e. The molecule has 186 valence electrons. The van der Waals surface area contributed by atoms with E-state index in [1.165, 1.54) is 11.1 Å². The molecule has 6 nitrogen and oxygen atoms in total. The highest BCUT2D eigenvalue weighted by molar-refractivity contribution is 5.28. The van der Waals surface area contributed by atoms with Crippen molar-refractivity contribution in [2.24, 2.45) is 10.8 Å². The maximum Gasteiger partial charge on any atom is 0.174 e. The molecule has 0 unspecified atom stereocenters. The van der Waals surface area contributed by atoms with Crippen molar-refractivity contribution in [1.29, 1.82) is 0 Å². The summed E-state index contributed by atoms with van der Waals surface area (Å²) in [5.41, 5.74) is 1.85. The third-order valence-electron chi connectivity index (χ3n) is 8.46. The van der Waals surface area contributed by atoms with Crippen LogP contribution in [0.5, 0.6) is 0 Å². The second-order valence-corrected chi connectivity index (χ2v) is 11.1. The molecule has 0 aromatic heterocycles. The minimum atomic E-state index is -0.807. The Labute approximate surface area is 198 Å². The Morgan fingerprint density at radius 1 is 0.788 bits per heavy atom. The van der Waals surface area contributed by atoms with Crippen LogP contribution in [0, 0.1) is 10.8 Å². The van der Waals surface area contributed by atoms with Crippen LogP contribution in [0.3, 0.4) is 0 Å². The van der Waals surface area contributed by atoms with Gasteiger partial charge in [-0.3, -0.25) is 0 Å². The van der Waals surface area contributed by atoms with Crippen LogP contribution in [-0.2, 0) is 18.9 Å². The number of benzene rings is 1. The van der Waals surface area contributed by atoms with Crippen LogP contribution >= 0.6 is 0 Å². The zero-order valence-electron chi connectivity index (χ0n) is 20.8. The Kier molecular flexibility index (Phi) is 7.26. The third-order valence-corrected chi connectivity index (χ3v) is 8.46. The van der Waals surface area contributed by atoms with Gasteiger partial charge in [0.1, 0.15) is 0 Å². The van der Waals surface area contributed by atoms with Gasteiger partial charge in [-0.2, -0.15) is 0 Å². The number of rotatable bonds is 6. The molecule has 1 aromatic rings. The van der Waals surface area contributed by atoms with E-state index in [0.29, 0.717) is 38.8 Å². The normalized spacial score (nSPS) is 39.4. The van der Waals surface area contributed by atoms with Crippen LogP contribution in [0.2, 0.25) is 0 Å². The molecule has 0 radical (unpaired) electrons. The number of hydrogen-bond acceptors (Lipinski definition) is 6. The first kappa shape index (κ1) is 25.1. The Hall–Kier alpha value is -1.02. The van der Waals surface area contributed by atoms with Gasteiger partial charge in [-0.05, 0) is 35.8 Å². The van der Waals surface area contributed by atoms with Gasteiger partial charge in [0, 0.05) is 23.7 Å². The molecule has 4 rings (SSSR count). The van der Waals surface area contributed by atoms with Crippen LogP contribution in [0.1, 0.15) is 82.8 Å². The molecule has 0 amide bonds. The van der Waals surface area contributed by atoms with Crippen LogP contribution in [0.15, 0.2) is 24.3 Å². The van der Waals surface area contributed by atoms with Crippen molar-refractivity contribution < 1.29 is 29.2 Å². The molecule has 6 heteroatoms. The quantitative estimate of drug-likeness (QED) is 0.655. The molecule has 2 N–H and O–H groups in total. The number of aliphatic hydroxyl groups excluding tert-OH is 2. The summed E-state index contributed by atoms with van der Waals surface area (Å²) in [6.07, 6.45) is 3.55. The van der Waals surface area contributed by atoms with Gasteiger partial charge < -0.3 is 29.2 Å². The lowest BCUT2D eigenvalue weighted by Crippen LogP contribution is -2.61. The fraction of sp³-hybridized carbons (Fsp3) is 0.778. The molecular formula is C27H42O6. The zero-order chi connectivity index (χ0) is 23.7. The number of hydrogen-bond donors (Lipinski definition) is 2. The van der Waals surface area contributed by atoms with Crippen molar-refractivity contribution in [3.05, 3.63) is 35.4 Å². The first-order chi connectivity index (χ1) is 15.8. The van der Waals surface area contributed by atoms with Crippen molar-refractivity contribution in [3.8, 4) is 0 Å². The SMILES string of the molecule is CCC1(CO)COC2(CC(c3ccc(C(C)C)cc3)CC3(C2)OCC(CC)(CO)CO3)OC1. The monoisotopic (exact) mass is 462 g/mol. The molecule has 2 spiro atoms. The van der Waals surface area contributed by atoms with Crippen molar-refractivity contribution in [2.75, 3.05) is 39.6 Å². The Balaban J connectivity index is 1.60. The number of aliphatic hydroxyl groups is 2. The lowest BCUT2D eigenvalue weighted by molar-refractivity contribution is -0.393. The summed E-state index contributed by atoms with van der Waals surface area (Å²) in [5, 5.41) is 19.9. The van der Waals surface area contributed by atoms with Gasteiger partial charge in [0.05, 0.1) is 46.1 Å². The highest BCUT2D eigenvalue weighted by Gasteiger charge is 2.57. The first-order valence-electron chi connectivity index (χ1n) is 12.6. The third kappa shape index (κ3) is 4.89. The highest BCUT2D eigenvalue weighted by Crippen LogP contribution is 2.53. The summed E-state index contributed by atoms with van der Waals surface area (Å²) < 4.78 is 25.8. The Morgan fingerprint density at radius 2 is 1.21 bits per heavy atom. The average molecular weight is 463 g/mol. The van der Waals surface area contributed by atoms with Crippen LogP contribution in [0.4, 0.5) is 0 Å². The fourth-order valence-electron chi connectivity index (χ4n) is 5.33. The van der Waals surface area contributed by atoms with Gasteiger partial charge in [-0.1, -0.05) is 52.0 Å². The summed E-state index contributed by atoms with van der Waals surface area (Å²) >= 11 is 0. The molecule has 3 aliphatic rings. The standard InChI is InChI=1S/C27H42O6/c1-5-24(14-28)16-30-26(31-17-24)11-23(22-9-7-21(8-10-22)20(3)4)12-27(13-26)32-18-25(6-2,15-29)19-33-27/h7-10,20,23,28-29H,5-6,11-19H2,1-4H3. The van der Waals surface area contributed by atoms with E-state index in [1.54, 1.807) is 0 Å². The molecule has 2 aliphatic heterocycles. The van der Waals surface area contributed by atoms with Gasteiger partial charge in [-0.25, -0.2) is 0 Å². The van der Waals surface area contributed by atoms with Crippen molar-refractivity contribution >= 4 is 0 Å². The van der Waals surface area contributed by atoms with Crippen LogP contribution < -0.4 is 0 Å². The van der Waals surface area contributed by atoms with E-state index in [1.807, 2.05) is 0 Å². The molecule has 2 saturated heterocycles. The van der Waals surface area contributed by atoms with Gasteiger partial charge >= 0.3 is 0 Å². The van der Waals surface area contributed by atoms with E-state index >= 15 is 0 Å². The van der Waals surface area contributed by atoms with Crippen molar-refractivity contribution in [2.45, 2.75) is 83.2 Å². The van der Waals surface area contributed by atoms with E-state index in [4.69, 9.17) is 18.9 Å². The maximum atomic E-state index is 9.95.